The van der Waals surface area contributed by atoms with Gasteiger partial charge in [-0.05, 0) is 25.0 Å². The van der Waals surface area contributed by atoms with Crippen LogP contribution in [-0.4, -0.2) is 11.8 Å². The Hall–Kier alpha value is -0.610. The average Bonchev–Trinajstić information content (AvgIpc) is 2.98. The van der Waals surface area contributed by atoms with Crippen LogP contribution < -0.4 is 5.32 Å². The summed E-state index contributed by atoms with van der Waals surface area (Å²) in [6, 6.07) is 4.79. The summed E-state index contributed by atoms with van der Waals surface area (Å²) in [6.07, 6.45) is 1.49. The Morgan fingerprint density at radius 1 is 1.56 bits per heavy atom. The summed E-state index contributed by atoms with van der Waals surface area (Å²) in [4.78, 5) is 11.3. The van der Waals surface area contributed by atoms with Crippen LogP contribution in [0.4, 0.5) is 4.39 Å². The summed E-state index contributed by atoms with van der Waals surface area (Å²) in [6.45, 7) is 0. The minimum Gasteiger partial charge on any atom is -0.345 e. The number of alkyl halides is 1. The quantitative estimate of drug-likeness (QED) is 0.855. The van der Waals surface area contributed by atoms with Crippen LogP contribution in [0.1, 0.15) is 18.4 Å². The van der Waals surface area contributed by atoms with E-state index in [0.717, 1.165) is 12.8 Å². The molecule has 2 rings (SSSR count). The molecule has 0 heterocycles. The predicted octanol–water partition coefficient (Wildman–Crippen LogP) is 2.93. The minimum absolute atomic E-state index is 0.103. The van der Waals surface area contributed by atoms with E-state index in [0.29, 0.717) is 10.0 Å². The van der Waals surface area contributed by atoms with Gasteiger partial charge in [-0.25, -0.2) is 4.39 Å². The van der Waals surface area contributed by atoms with Gasteiger partial charge in [0.25, 0.3) is 0 Å². The lowest BCUT2D eigenvalue weighted by Crippen LogP contribution is -2.36. The molecule has 1 aromatic rings. The number of halogens is 3. The molecule has 0 aliphatic heterocycles. The van der Waals surface area contributed by atoms with Gasteiger partial charge in [-0.15, -0.1) is 11.6 Å². The van der Waals surface area contributed by atoms with Crippen LogP contribution in [-0.2, 0) is 10.3 Å². The van der Waals surface area contributed by atoms with E-state index in [2.05, 4.69) is 21.2 Å². The second kappa shape index (κ2) is 4.34. The number of carbonyl (C=O) groups is 1. The molecule has 0 aromatic heterocycles. The van der Waals surface area contributed by atoms with Gasteiger partial charge in [0.05, 0.1) is 5.54 Å². The third kappa shape index (κ3) is 2.09. The molecule has 5 heteroatoms. The number of hydrogen-bond donors (Lipinski definition) is 1. The molecule has 1 aliphatic rings. The van der Waals surface area contributed by atoms with E-state index in [1.165, 1.54) is 6.07 Å². The fourth-order valence-electron chi connectivity index (χ4n) is 1.82. The predicted molar refractivity (Wildman–Crippen MR) is 63.9 cm³/mol. The molecule has 1 aromatic carbocycles. The summed E-state index contributed by atoms with van der Waals surface area (Å²) in [7, 11) is 0. The average molecular weight is 307 g/mol. The lowest BCUT2D eigenvalue weighted by atomic mass is 10.0. The summed E-state index contributed by atoms with van der Waals surface area (Å²) < 4.78 is 14.4. The van der Waals surface area contributed by atoms with Crippen molar-refractivity contribution < 1.29 is 9.18 Å². The molecule has 0 unspecified atom stereocenters. The Kier molecular flexibility index (Phi) is 3.22. The maximum Gasteiger partial charge on any atom is 0.235 e. The van der Waals surface area contributed by atoms with Crippen molar-refractivity contribution in [1.29, 1.82) is 0 Å². The van der Waals surface area contributed by atoms with E-state index in [1.807, 2.05) is 0 Å². The normalized spacial score (nSPS) is 16.9. The zero-order valence-corrected chi connectivity index (χ0v) is 10.7. The first-order chi connectivity index (χ1) is 7.59. The highest BCUT2D eigenvalue weighted by Crippen LogP contribution is 2.49. The zero-order chi connectivity index (χ0) is 11.8. The Balaban J connectivity index is 2.33. The first kappa shape index (κ1) is 11.9. The molecule has 0 atom stereocenters. The van der Waals surface area contributed by atoms with Crippen LogP contribution in [0.3, 0.4) is 0 Å². The van der Waals surface area contributed by atoms with Crippen molar-refractivity contribution in [2.45, 2.75) is 18.4 Å². The zero-order valence-electron chi connectivity index (χ0n) is 8.40. The first-order valence-electron chi connectivity index (χ1n) is 4.90. The van der Waals surface area contributed by atoms with Crippen molar-refractivity contribution in [1.82, 2.24) is 5.32 Å². The number of nitrogens with one attached hydrogen (secondary N) is 1. The van der Waals surface area contributed by atoms with Gasteiger partial charge < -0.3 is 5.32 Å². The van der Waals surface area contributed by atoms with Crippen LogP contribution in [0.15, 0.2) is 22.7 Å². The maximum atomic E-state index is 13.7. The fourth-order valence-corrected chi connectivity index (χ4v) is 2.61. The van der Waals surface area contributed by atoms with E-state index in [-0.39, 0.29) is 17.6 Å². The van der Waals surface area contributed by atoms with Crippen molar-refractivity contribution >= 4 is 33.4 Å². The lowest BCUT2D eigenvalue weighted by molar-refractivity contribution is -0.119. The Labute approximate surface area is 106 Å². The molecule has 0 radical (unpaired) electrons. The Morgan fingerprint density at radius 3 is 2.75 bits per heavy atom. The summed E-state index contributed by atoms with van der Waals surface area (Å²) in [5.74, 6) is -0.676. The van der Waals surface area contributed by atoms with E-state index < -0.39 is 5.54 Å². The molecule has 16 heavy (non-hydrogen) atoms. The smallest absolute Gasteiger partial charge is 0.235 e. The maximum absolute atomic E-state index is 13.7. The molecule has 1 saturated carbocycles. The Morgan fingerprint density at radius 2 is 2.25 bits per heavy atom. The van der Waals surface area contributed by atoms with E-state index in [1.54, 1.807) is 12.1 Å². The van der Waals surface area contributed by atoms with Crippen molar-refractivity contribution in [3.8, 4) is 0 Å². The van der Waals surface area contributed by atoms with Crippen molar-refractivity contribution in [2.24, 2.45) is 0 Å². The monoisotopic (exact) mass is 305 g/mol. The molecule has 1 N–H and O–H groups in total. The van der Waals surface area contributed by atoms with Crippen LogP contribution in [0.5, 0.6) is 0 Å². The van der Waals surface area contributed by atoms with Gasteiger partial charge in [-0.3, -0.25) is 4.79 Å². The molecule has 1 amide bonds. The van der Waals surface area contributed by atoms with Crippen LogP contribution in [0.2, 0.25) is 0 Å². The number of rotatable bonds is 3. The van der Waals surface area contributed by atoms with Gasteiger partial charge in [0.2, 0.25) is 5.91 Å². The van der Waals surface area contributed by atoms with Crippen molar-refractivity contribution in [3.63, 3.8) is 0 Å². The molecule has 1 aliphatic carbocycles. The molecule has 0 bridgehead atoms. The second-order valence-corrected chi connectivity index (χ2v) is 4.98. The van der Waals surface area contributed by atoms with E-state index in [9.17, 15) is 9.18 Å². The topological polar surface area (TPSA) is 29.1 Å². The standard InChI is InChI=1S/C11H10BrClFNO/c12-7-2-1-3-8(14)10(7)11(4-5-11)15-9(16)6-13/h1-3H,4-6H2,(H,15,16). The van der Waals surface area contributed by atoms with Crippen LogP contribution in [0, 0.1) is 5.82 Å². The highest BCUT2D eigenvalue weighted by molar-refractivity contribution is 9.10. The first-order valence-corrected chi connectivity index (χ1v) is 6.23. The summed E-state index contributed by atoms with van der Waals surface area (Å²) in [5.41, 5.74) is -0.0376. The SMILES string of the molecule is O=C(CCl)NC1(c2c(F)cccc2Br)CC1. The van der Waals surface area contributed by atoms with E-state index in [4.69, 9.17) is 11.6 Å². The highest BCUT2D eigenvalue weighted by Gasteiger charge is 2.48. The minimum atomic E-state index is -0.559. The van der Waals surface area contributed by atoms with Crippen LogP contribution in [0.25, 0.3) is 0 Å². The van der Waals surface area contributed by atoms with Crippen LogP contribution >= 0.6 is 27.5 Å². The largest absolute Gasteiger partial charge is 0.345 e. The molecule has 0 saturated heterocycles. The third-order valence-electron chi connectivity index (χ3n) is 2.69. The molecule has 0 spiro atoms. The van der Waals surface area contributed by atoms with E-state index >= 15 is 0 Å². The van der Waals surface area contributed by atoms with Crippen molar-refractivity contribution in [3.05, 3.63) is 34.1 Å². The third-order valence-corrected chi connectivity index (χ3v) is 3.59. The summed E-state index contributed by atoms with van der Waals surface area (Å²) in [5, 5.41) is 2.77. The number of carbonyl (C=O) groups excluding carboxylic acids is 1. The Bertz CT molecular complexity index is 414. The lowest BCUT2D eigenvalue weighted by Gasteiger charge is -2.19. The van der Waals surface area contributed by atoms with Gasteiger partial charge in [0, 0.05) is 10.0 Å². The highest BCUT2D eigenvalue weighted by atomic mass is 79.9. The number of amides is 1. The molecular formula is C11H10BrClFNO. The number of benzene rings is 1. The molecular weight excluding hydrogens is 296 g/mol. The number of hydrogen-bond acceptors (Lipinski definition) is 1. The van der Waals surface area contributed by atoms with Gasteiger partial charge >= 0.3 is 0 Å². The second-order valence-electron chi connectivity index (χ2n) is 3.86. The van der Waals surface area contributed by atoms with Gasteiger partial charge in [0.15, 0.2) is 0 Å². The molecule has 2 nitrogen and oxygen atoms in total. The summed E-state index contributed by atoms with van der Waals surface area (Å²) >= 11 is 8.75. The molecule has 86 valence electrons. The van der Waals surface area contributed by atoms with Gasteiger partial charge in [-0.2, -0.15) is 0 Å². The molecule has 1 fully saturated rings. The fraction of sp³-hybridized carbons (Fsp3) is 0.364. The van der Waals surface area contributed by atoms with Gasteiger partial charge in [0.1, 0.15) is 11.7 Å². The van der Waals surface area contributed by atoms with Crippen molar-refractivity contribution in [2.75, 3.05) is 5.88 Å². The van der Waals surface area contributed by atoms with Gasteiger partial charge in [-0.1, -0.05) is 22.0 Å².